The maximum atomic E-state index is 9.72. The van der Waals surface area contributed by atoms with Gasteiger partial charge in [0.25, 0.3) is 0 Å². The van der Waals surface area contributed by atoms with E-state index in [1.165, 1.54) is 36.6 Å². The van der Waals surface area contributed by atoms with Gasteiger partial charge in [-0.05, 0) is 77.6 Å². The lowest BCUT2D eigenvalue weighted by molar-refractivity contribution is 0.225. The first-order valence-corrected chi connectivity index (χ1v) is 10.9. The minimum atomic E-state index is 0.447. The lowest BCUT2D eigenvalue weighted by Gasteiger charge is -2.35. The molecule has 1 aliphatic carbocycles. The highest BCUT2D eigenvalue weighted by atomic mass is 14.7. The number of nitrogens with zero attached hydrogens (tertiary/aromatic N) is 2. The Bertz CT molecular complexity index is 1280. The summed E-state index contributed by atoms with van der Waals surface area (Å²) in [4.78, 5) is 5.00. The van der Waals surface area contributed by atoms with Crippen LogP contribution in [0.25, 0.3) is 32.9 Å². The van der Waals surface area contributed by atoms with E-state index in [9.17, 15) is 5.26 Å². The van der Waals surface area contributed by atoms with E-state index in [2.05, 4.69) is 62.4 Å². The second-order valence-electron chi connectivity index (χ2n) is 9.41. The summed E-state index contributed by atoms with van der Waals surface area (Å²) < 4.78 is 0. The van der Waals surface area contributed by atoms with Gasteiger partial charge in [-0.3, -0.25) is 0 Å². The van der Waals surface area contributed by atoms with Gasteiger partial charge in [-0.15, -0.1) is 0 Å². The van der Waals surface area contributed by atoms with Crippen LogP contribution in [0.3, 0.4) is 0 Å². The highest BCUT2D eigenvalue weighted by molar-refractivity contribution is 5.93. The molecule has 0 N–H and O–H groups in total. The smallest absolute Gasteiger partial charge is 0.0998 e. The average Bonchev–Trinajstić information content (AvgIpc) is 2.77. The number of rotatable bonds is 2. The van der Waals surface area contributed by atoms with Crippen molar-refractivity contribution in [3.63, 3.8) is 0 Å². The van der Waals surface area contributed by atoms with Crippen molar-refractivity contribution < 1.29 is 0 Å². The van der Waals surface area contributed by atoms with Crippen LogP contribution >= 0.6 is 0 Å². The second-order valence-corrected chi connectivity index (χ2v) is 9.41. The zero-order valence-electron chi connectivity index (χ0n) is 17.7. The molecule has 2 nitrogen and oxygen atoms in total. The number of hydrogen-bond acceptors (Lipinski definition) is 2. The Labute approximate surface area is 178 Å². The minimum absolute atomic E-state index is 0.447. The number of hydrogen-bond donors (Lipinski definition) is 0. The van der Waals surface area contributed by atoms with Gasteiger partial charge in [-0.1, -0.05) is 56.3 Å². The van der Waals surface area contributed by atoms with Crippen LogP contribution < -0.4 is 0 Å². The Morgan fingerprint density at radius 1 is 0.900 bits per heavy atom. The fourth-order valence-electron chi connectivity index (χ4n) is 4.95. The third-order valence-electron chi connectivity index (χ3n) is 6.81. The SMILES string of the molecule is CC1(C)CCC(c2cc(-c3cc(C#N)c4ccccc4c3)nc3ccccc23)CC1. The minimum Gasteiger partial charge on any atom is -0.248 e. The van der Waals surface area contributed by atoms with Crippen LogP contribution in [0.5, 0.6) is 0 Å². The molecule has 4 aromatic rings. The van der Waals surface area contributed by atoms with Gasteiger partial charge in [0.2, 0.25) is 0 Å². The summed E-state index contributed by atoms with van der Waals surface area (Å²) in [6.07, 6.45) is 4.97. The maximum absolute atomic E-state index is 9.72. The zero-order chi connectivity index (χ0) is 20.7. The first-order valence-electron chi connectivity index (χ1n) is 10.9. The van der Waals surface area contributed by atoms with Crippen LogP contribution in [-0.4, -0.2) is 4.98 Å². The highest BCUT2D eigenvalue weighted by Gasteiger charge is 2.28. The molecule has 1 aliphatic rings. The number of para-hydroxylation sites is 1. The van der Waals surface area contributed by atoms with Crippen molar-refractivity contribution >= 4 is 21.7 Å². The third-order valence-corrected chi connectivity index (χ3v) is 6.81. The van der Waals surface area contributed by atoms with Gasteiger partial charge in [0.05, 0.1) is 22.8 Å². The predicted octanol–water partition coefficient (Wildman–Crippen LogP) is 7.61. The summed E-state index contributed by atoms with van der Waals surface area (Å²) in [7, 11) is 0. The van der Waals surface area contributed by atoms with Crippen LogP contribution in [0.1, 0.15) is 56.6 Å². The van der Waals surface area contributed by atoms with Crippen molar-refractivity contribution in [2.45, 2.75) is 45.4 Å². The van der Waals surface area contributed by atoms with Gasteiger partial charge in [0.15, 0.2) is 0 Å². The first-order chi connectivity index (χ1) is 14.5. The Hall–Kier alpha value is -3.18. The van der Waals surface area contributed by atoms with E-state index < -0.39 is 0 Å². The van der Waals surface area contributed by atoms with E-state index in [0.717, 1.165) is 27.5 Å². The van der Waals surface area contributed by atoms with Crippen molar-refractivity contribution in [1.29, 1.82) is 5.26 Å². The van der Waals surface area contributed by atoms with E-state index in [1.54, 1.807) is 0 Å². The largest absolute Gasteiger partial charge is 0.248 e. The van der Waals surface area contributed by atoms with Gasteiger partial charge < -0.3 is 0 Å². The van der Waals surface area contributed by atoms with E-state index in [0.29, 0.717) is 16.9 Å². The average molecular weight is 391 g/mol. The normalized spacial score (nSPS) is 16.6. The highest BCUT2D eigenvalue weighted by Crippen LogP contribution is 2.44. The molecule has 5 rings (SSSR count). The van der Waals surface area contributed by atoms with Gasteiger partial charge >= 0.3 is 0 Å². The topological polar surface area (TPSA) is 36.7 Å². The van der Waals surface area contributed by atoms with Gasteiger partial charge in [-0.2, -0.15) is 5.26 Å². The van der Waals surface area contributed by atoms with Crippen molar-refractivity contribution in [2.75, 3.05) is 0 Å². The van der Waals surface area contributed by atoms with Gasteiger partial charge in [-0.25, -0.2) is 4.98 Å². The molecule has 148 valence electrons. The van der Waals surface area contributed by atoms with Crippen molar-refractivity contribution in [1.82, 2.24) is 4.98 Å². The molecule has 3 aromatic carbocycles. The van der Waals surface area contributed by atoms with Crippen LogP contribution in [0.2, 0.25) is 0 Å². The zero-order valence-corrected chi connectivity index (χ0v) is 17.7. The van der Waals surface area contributed by atoms with Gasteiger partial charge in [0, 0.05) is 10.9 Å². The van der Waals surface area contributed by atoms with Crippen LogP contribution in [0, 0.1) is 16.7 Å². The molecule has 2 heteroatoms. The summed E-state index contributed by atoms with van der Waals surface area (Å²) >= 11 is 0. The van der Waals surface area contributed by atoms with E-state index in [1.807, 2.05) is 24.3 Å². The molecular weight excluding hydrogens is 364 g/mol. The molecule has 30 heavy (non-hydrogen) atoms. The lowest BCUT2D eigenvalue weighted by atomic mass is 9.71. The molecule has 0 spiro atoms. The summed E-state index contributed by atoms with van der Waals surface area (Å²) in [5.41, 5.74) is 5.60. The predicted molar refractivity (Wildman–Crippen MR) is 124 cm³/mol. The molecule has 1 saturated carbocycles. The summed E-state index contributed by atoms with van der Waals surface area (Å²) in [5.74, 6) is 0.570. The molecule has 0 saturated heterocycles. The Morgan fingerprint density at radius 2 is 1.60 bits per heavy atom. The number of fused-ring (bicyclic) bond motifs is 2. The maximum Gasteiger partial charge on any atom is 0.0998 e. The molecule has 0 radical (unpaired) electrons. The Kier molecular flexibility index (Phi) is 4.55. The summed E-state index contributed by atoms with van der Waals surface area (Å²) in [5, 5.41) is 13.1. The molecule has 0 atom stereocenters. The molecule has 0 aliphatic heterocycles. The number of nitriles is 1. The van der Waals surface area contributed by atoms with E-state index in [4.69, 9.17) is 4.98 Å². The molecule has 1 aromatic heterocycles. The monoisotopic (exact) mass is 390 g/mol. The van der Waals surface area contributed by atoms with Crippen molar-refractivity contribution in [2.24, 2.45) is 5.41 Å². The number of aromatic nitrogens is 1. The summed E-state index contributed by atoms with van der Waals surface area (Å²) in [6, 6.07) is 25.4. The molecule has 1 heterocycles. The molecule has 0 amide bonds. The van der Waals surface area contributed by atoms with Crippen molar-refractivity contribution in [3.8, 4) is 17.3 Å². The number of benzene rings is 3. The first kappa shape index (κ1) is 18.8. The fraction of sp³-hybridized carbons (Fsp3) is 0.286. The third kappa shape index (κ3) is 3.35. The summed E-state index contributed by atoms with van der Waals surface area (Å²) in [6.45, 7) is 4.77. The quantitative estimate of drug-likeness (QED) is 0.353. The Morgan fingerprint density at radius 3 is 2.37 bits per heavy atom. The van der Waals surface area contributed by atoms with Crippen LogP contribution in [0.15, 0.2) is 66.7 Å². The van der Waals surface area contributed by atoms with Crippen LogP contribution in [0.4, 0.5) is 0 Å². The molecule has 1 fully saturated rings. The molecule has 0 bridgehead atoms. The van der Waals surface area contributed by atoms with Gasteiger partial charge in [0.1, 0.15) is 0 Å². The lowest BCUT2D eigenvalue weighted by Crippen LogP contribution is -2.20. The fourth-order valence-corrected chi connectivity index (χ4v) is 4.95. The number of pyridine rings is 1. The second kappa shape index (κ2) is 7.26. The standard InChI is InChI=1S/C28H26N2/c1-28(2)13-11-19(12-14-28)25-17-27(30-26-10-6-5-9-24(25)26)21-15-20-7-3-4-8-23(20)22(16-21)18-29/h3-10,15-17,19H,11-14H2,1-2H3. The van der Waals surface area contributed by atoms with E-state index in [-0.39, 0.29) is 0 Å². The van der Waals surface area contributed by atoms with Crippen molar-refractivity contribution in [3.05, 3.63) is 77.9 Å². The molecule has 0 unspecified atom stereocenters. The van der Waals surface area contributed by atoms with Crippen LogP contribution in [-0.2, 0) is 0 Å². The Balaban J connectivity index is 1.68. The van der Waals surface area contributed by atoms with E-state index >= 15 is 0 Å². The molecular formula is C28H26N2.